The normalized spacial score (nSPS) is 21.7. The molecule has 2 N–H and O–H groups in total. The number of nitrogens with zero attached hydrogens (tertiary/aromatic N) is 2. The van der Waals surface area contributed by atoms with Crippen molar-refractivity contribution in [2.75, 3.05) is 24.6 Å². The van der Waals surface area contributed by atoms with E-state index in [1.54, 1.807) is 12.5 Å². The van der Waals surface area contributed by atoms with E-state index in [0.717, 1.165) is 32.2 Å². The average Bonchev–Trinajstić information content (AvgIpc) is 2.56. The molecule has 2 aliphatic heterocycles. The van der Waals surface area contributed by atoms with E-state index in [2.05, 4.69) is 15.3 Å². The fraction of sp³-hybridized carbons (Fsp3) is 0.533. The van der Waals surface area contributed by atoms with Crippen LogP contribution < -0.4 is 15.8 Å². The maximum absolute atomic E-state index is 12.2. The molecule has 1 atom stereocenters. The number of amides is 1. The summed E-state index contributed by atoms with van der Waals surface area (Å²) in [5, 5.41) is 3.04. The molecule has 1 aromatic heterocycles. The molecular formula is C15H20N4O3. The van der Waals surface area contributed by atoms with Crippen molar-refractivity contribution in [3.8, 4) is 0 Å². The van der Waals surface area contributed by atoms with Crippen molar-refractivity contribution in [2.45, 2.75) is 31.7 Å². The standard InChI is InChI=1S/C15H20N4O3/c20-14(11-3-2-8-22-10-11)18-12-4-1-7-19(9-12)13-15(21)17-6-5-16-13/h5-6,10,12H,1-4,7-9H2,(H,17,21)(H,18,20)/t12-/m1/s1. The Hall–Kier alpha value is -2.31. The summed E-state index contributed by atoms with van der Waals surface area (Å²) >= 11 is 0. The molecule has 3 rings (SSSR count). The molecule has 1 fully saturated rings. The largest absolute Gasteiger partial charge is 0.501 e. The van der Waals surface area contributed by atoms with Gasteiger partial charge in [0.1, 0.15) is 0 Å². The predicted molar refractivity (Wildman–Crippen MR) is 81.5 cm³/mol. The van der Waals surface area contributed by atoms with Crippen LogP contribution in [0.4, 0.5) is 5.82 Å². The number of ether oxygens (including phenoxy) is 1. The number of piperidine rings is 1. The van der Waals surface area contributed by atoms with Gasteiger partial charge in [0.2, 0.25) is 0 Å². The maximum Gasteiger partial charge on any atom is 0.290 e. The highest BCUT2D eigenvalue weighted by Crippen LogP contribution is 2.16. The molecule has 22 heavy (non-hydrogen) atoms. The van der Waals surface area contributed by atoms with Crippen molar-refractivity contribution < 1.29 is 9.53 Å². The Bertz CT molecular complexity index is 625. The quantitative estimate of drug-likeness (QED) is 0.851. The van der Waals surface area contributed by atoms with Gasteiger partial charge < -0.3 is 19.9 Å². The van der Waals surface area contributed by atoms with E-state index in [-0.39, 0.29) is 17.5 Å². The van der Waals surface area contributed by atoms with Gasteiger partial charge in [0.15, 0.2) is 5.82 Å². The first-order chi connectivity index (χ1) is 10.7. The fourth-order valence-electron chi connectivity index (χ4n) is 2.87. The summed E-state index contributed by atoms with van der Waals surface area (Å²) in [6, 6.07) is 0.0190. The number of aromatic nitrogens is 2. The lowest BCUT2D eigenvalue weighted by molar-refractivity contribution is -0.118. The fourth-order valence-corrected chi connectivity index (χ4v) is 2.87. The Morgan fingerprint density at radius 2 is 2.36 bits per heavy atom. The smallest absolute Gasteiger partial charge is 0.290 e. The van der Waals surface area contributed by atoms with Crippen LogP contribution in [0.1, 0.15) is 25.7 Å². The molecule has 0 unspecified atom stereocenters. The van der Waals surface area contributed by atoms with Crippen molar-refractivity contribution in [2.24, 2.45) is 0 Å². The summed E-state index contributed by atoms with van der Waals surface area (Å²) in [4.78, 5) is 32.7. The highest BCUT2D eigenvalue weighted by molar-refractivity contribution is 5.93. The van der Waals surface area contributed by atoms with Crippen LogP contribution in [0.3, 0.4) is 0 Å². The first-order valence-electron chi connectivity index (χ1n) is 7.64. The van der Waals surface area contributed by atoms with E-state index in [0.29, 0.717) is 24.5 Å². The molecule has 0 radical (unpaired) electrons. The van der Waals surface area contributed by atoms with E-state index < -0.39 is 0 Å². The molecule has 0 aliphatic carbocycles. The molecule has 0 spiro atoms. The van der Waals surface area contributed by atoms with E-state index >= 15 is 0 Å². The molecule has 1 amide bonds. The summed E-state index contributed by atoms with van der Waals surface area (Å²) in [5.41, 5.74) is 0.497. The zero-order valence-electron chi connectivity index (χ0n) is 12.4. The Balaban J connectivity index is 1.63. The van der Waals surface area contributed by atoms with Gasteiger partial charge in [-0.2, -0.15) is 0 Å². The van der Waals surface area contributed by atoms with E-state index in [1.165, 1.54) is 6.20 Å². The lowest BCUT2D eigenvalue weighted by Crippen LogP contribution is -2.49. The number of carbonyl (C=O) groups is 1. The second-order valence-electron chi connectivity index (χ2n) is 5.62. The molecule has 7 heteroatoms. The molecule has 2 aliphatic rings. The van der Waals surface area contributed by atoms with E-state index in [1.807, 2.05) is 4.90 Å². The van der Waals surface area contributed by atoms with Crippen LogP contribution in [0.25, 0.3) is 0 Å². The second kappa shape index (κ2) is 6.64. The van der Waals surface area contributed by atoms with Crippen LogP contribution in [0.15, 0.2) is 29.0 Å². The Morgan fingerprint density at radius 3 is 3.14 bits per heavy atom. The predicted octanol–water partition coefficient (Wildman–Crippen LogP) is 0.549. The third-order valence-corrected chi connectivity index (χ3v) is 3.97. The van der Waals surface area contributed by atoms with Crippen molar-refractivity contribution in [3.05, 3.63) is 34.6 Å². The van der Waals surface area contributed by atoms with Gasteiger partial charge in [0.25, 0.3) is 11.5 Å². The highest BCUT2D eigenvalue weighted by atomic mass is 16.5. The van der Waals surface area contributed by atoms with Crippen molar-refractivity contribution >= 4 is 11.7 Å². The third kappa shape index (κ3) is 3.29. The van der Waals surface area contributed by atoms with Gasteiger partial charge in [-0.1, -0.05) is 0 Å². The summed E-state index contributed by atoms with van der Waals surface area (Å²) in [6.07, 6.45) is 8.09. The zero-order valence-corrected chi connectivity index (χ0v) is 12.4. The first-order valence-corrected chi connectivity index (χ1v) is 7.64. The molecule has 0 aromatic carbocycles. The summed E-state index contributed by atoms with van der Waals surface area (Å²) in [6.45, 7) is 2.05. The van der Waals surface area contributed by atoms with Gasteiger partial charge in [-0.15, -0.1) is 0 Å². The Labute approximate surface area is 128 Å². The number of hydrogen-bond donors (Lipinski definition) is 2. The van der Waals surface area contributed by atoms with Crippen LogP contribution in [0, 0.1) is 0 Å². The second-order valence-corrected chi connectivity index (χ2v) is 5.62. The van der Waals surface area contributed by atoms with Gasteiger partial charge in [0.05, 0.1) is 18.4 Å². The number of hydrogen-bond acceptors (Lipinski definition) is 5. The molecular weight excluding hydrogens is 284 g/mol. The number of H-pyrrole nitrogens is 1. The number of aromatic amines is 1. The minimum atomic E-state index is -0.196. The van der Waals surface area contributed by atoms with Crippen LogP contribution in [0.5, 0.6) is 0 Å². The number of nitrogens with one attached hydrogen (secondary N) is 2. The molecule has 1 saturated heterocycles. The zero-order chi connectivity index (χ0) is 15.4. The first kappa shape index (κ1) is 14.6. The van der Waals surface area contributed by atoms with Gasteiger partial charge >= 0.3 is 0 Å². The Kier molecular flexibility index (Phi) is 4.41. The van der Waals surface area contributed by atoms with Crippen LogP contribution in [-0.2, 0) is 9.53 Å². The molecule has 0 bridgehead atoms. The van der Waals surface area contributed by atoms with Crippen LogP contribution >= 0.6 is 0 Å². The van der Waals surface area contributed by atoms with Crippen LogP contribution in [0.2, 0.25) is 0 Å². The van der Waals surface area contributed by atoms with Gasteiger partial charge in [-0.25, -0.2) is 4.98 Å². The SMILES string of the molecule is O=C(N[C@@H]1CCCN(c2ncc[nH]c2=O)C1)C1=COCCC1. The Morgan fingerprint density at radius 1 is 1.45 bits per heavy atom. The van der Waals surface area contributed by atoms with E-state index in [4.69, 9.17) is 4.74 Å². The third-order valence-electron chi connectivity index (χ3n) is 3.97. The van der Waals surface area contributed by atoms with Crippen molar-refractivity contribution in [1.82, 2.24) is 15.3 Å². The van der Waals surface area contributed by atoms with Crippen LogP contribution in [-0.4, -0.2) is 41.6 Å². The summed E-state index contributed by atoms with van der Waals surface area (Å²) in [5.74, 6) is 0.350. The molecule has 0 saturated carbocycles. The van der Waals surface area contributed by atoms with Gasteiger partial charge in [-0.3, -0.25) is 9.59 Å². The summed E-state index contributed by atoms with van der Waals surface area (Å²) in [7, 11) is 0. The number of anilines is 1. The van der Waals surface area contributed by atoms with Gasteiger partial charge in [0, 0.05) is 31.5 Å². The van der Waals surface area contributed by atoms with E-state index in [9.17, 15) is 9.59 Å². The topological polar surface area (TPSA) is 87.3 Å². The maximum atomic E-state index is 12.2. The summed E-state index contributed by atoms with van der Waals surface area (Å²) < 4.78 is 5.21. The molecule has 1 aromatic rings. The molecule has 118 valence electrons. The number of rotatable bonds is 3. The minimum absolute atomic E-state index is 0.0190. The highest BCUT2D eigenvalue weighted by Gasteiger charge is 2.25. The lowest BCUT2D eigenvalue weighted by Gasteiger charge is -2.33. The number of carbonyl (C=O) groups excluding carboxylic acids is 1. The molecule has 3 heterocycles. The lowest BCUT2D eigenvalue weighted by atomic mass is 10.0. The van der Waals surface area contributed by atoms with Gasteiger partial charge in [-0.05, 0) is 25.7 Å². The van der Waals surface area contributed by atoms with Crippen molar-refractivity contribution in [3.63, 3.8) is 0 Å². The molecule has 7 nitrogen and oxygen atoms in total. The monoisotopic (exact) mass is 304 g/mol. The average molecular weight is 304 g/mol. The van der Waals surface area contributed by atoms with Crippen molar-refractivity contribution in [1.29, 1.82) is 0 Å². The minimum Gasteiger partial charge on any atom is -0.501 e.